The highest BCUT2D eigenvalue weighted by atomic mass is 79.9. The van der Waals surface area contributed by atoms with Gasteiger partial charge in [0.1, 0.15) is 16.5 Å². The Labute approximate surface area is 132 Å². The number of hydrogen-bond donors (Lipinski definition) is 0. The van der Waals surface area contributed by atoms with E-state index in [1.165, 1.54) is 5.56 Å². The van der Waals surface area contributed by atoms with Crippen molar-refractivity contribution in [3.63, 3.8) is 0 Å². The van der Waals surface area contributed by atoms with Crippen LogP contribution in [0.15, 0.2) is 42.5 Å². The molecule has 1 unspecified atom stereocenters. The van der Waals surface area contributed by atoms with Gasteiger partial charge in [-0.3, -0.25) is 0 Å². The first-order chi connectivity index (χ1) is 9.67. The van der Waals surface area contributed by atoms with E-state index in [1.54, 1.807) is 14.2 Å². The second kappa shape index (κ2) is 7.00. The minimum Gasteiger partial charge on any atom is -0.495 e. The molecular weight excluding hydrogens is 340 g/mol. The minimum atomic E-state index is 0.128. The quantitative estimate of drug-likeness (QED) is 0.700. The van der Waals surface area contributed by atoms with Crippen molar-refractivity contribution in [3.05, 3.63) is 58.6 Å². The van der Waals surface area contributed by atoms with E-state index in [4.69, 9.17) is 21.1 Å². The van der Waals surface area contributed by atoms with Gasteiger partial charge in [-0.25, -0.2) is 0 Å². The summed E-state index contributed by atoms with van der Waals surface area (Å²) in [5.74, 6) is 1.27. The highest BCUT2D eigenvalue weighted by Gasteiger charge is 2.19. The van der Waals surface area contributed by atoms with Gasteiger partial charge in [0, 0.05) is 10.4 Å². The Kier molecular flexibility index (Phi) is 5.32. The fourth-order valence-electron chi connectivity index (χ4n) is 2.10. The number of hydrogen-bond acceptors (Lipinski definition) is 2. The van der Waals surface area contributed by atoms with Crippen LogP contribution in [-0.2, 0) is 6.42 Å². The first kappa shape index (κ1) is 15.2. The molecule has 0 bridgehead atoms. The van der Waals surface area contributed by atoms with Crippen LogP contribution in [0.3, 0.4) is 0 Å². The fourth-order valence-corrected chi connectivity index (χ4v) is 3.16. The second-order valence-corrected chi connectivity index (χ2v) is 5.84. The number of benzene rings is 2. The van der Waals surface area contributed by atoms with Crippen molar-refractivity contribution in [1.29, 1.82) is 0 Å². The molecule has 2 aromatic carbocycles. The van der Waals surface area contributed by atoms with E-state index < -0.39 is 0 Å². The molecule has 106 valence electrons. The average molecular weight is 356 g/mol. The summed E-state index contributed by atoms with van der Waals surface area (Å²) in [6.07, 6.45) is 0.861. The SMILES string of the molecule is COc1ccc(C(Br)Cc2ccccc2)c(OC)c1Cl. The Bertz CT molecular complexity index is 572. The highest BCUT2D eigenvalue weighted by molar-refractivity contribution is 9.09. The number of ether oxygens (including phenoxy) is 2. The van der Waals surface area contributed by atoms with Gasteiger partial charge in [0.15, 0.2) is 0 Å². The molecule has 0 aliphatic heterocycles. The molecule has 0 saturated carbocycles. The molecule has 1 atom stereocenters. The van der Waals surface area contributed by atoms with Gasteiger partial charge in [0.25, 0.3) is 0 Å². The lowest BCUT2D eigenvalue weighted by Crippen LogP contribution is -2.00. The molecule has 0 heterocycles. The summed E-state index contributed by atoms with van der Waals surface area (Å²) in [4.78, 5) is 0.128. The molecule has 2 nitrogen and oxygen atoms in total. The average Bonchev–Trinajstić information content (AvgIpc) is 2.47. The minimum absolute atomic E-state index is 0.128. The summed E-state index contributed by atoms with van der Waals surface area (Å²) in [5.41, 5.74) is 2.27. The van der Waals surface area contributed by atoms with Crippen molar-refractivity contribution in [2.75, 3.05) is 14.2 Å². The number of alkyl halides is 1. The van der Waals surface area contributed by atoms with Crippen LogP contribution < -0.4 is 9.47 Å². The summed E-state index contributed by atoms with van der Waals surface area (Å²) in [5, 5.41) is 0.505. The van der Waals surface area contributed by atoms with Crippen LogP contribution in [0, 0.1) is 0 Å². The molecule has 0 N–H and O–H groups in total. The van der Waals surface area contributed by atoms with Gasteiger partial charge < -0.3 is 9.47 Å². The molecule has 0 fully saturated rings. The van der Waals surface area contributed by atoms with Crippen molar-refractivity contribution in [1.82, 2.24) is 0 Å². The largest absolute Gasteiger partial charge is 0.495 e. The lowest BCUT2D eigenvalue weighted by molar-refractivity contribution is 0.391. The van der Waals surface area contributed by atoms with Crippen LogP contribution in [0.5, 0.6) is 11.5 Å². The first-order valence-corrected chi connectivity index (χ1v) is 7.55. The molecule has 2 rings (SSSR count). The summed E-state index contributed by atoms with van der Waals surface area (Å²) < 4.78 is 10.6. The number of methoxy groups -OCH3 is 2. The molecule has 0 spiro atoms. The fraction of sp³-hybridized carbons (Fsp3) is 0.250. The maximum absolute atomic E-state index is 6.29. The molecule has 4 heteroatoms. The Balaban J connectivity index is 2.30. The van der Waals surface area contributed by atoms with Crippen LogP contribution in [0.25, 0.3) is 0 Å². The van der Waals surface area contributed by atoms with Gasteiger partial charge in [-0.2, -0.15) is 0 Å². The zero-order chi connectivity index (χ0) is 14.5. The Morgan fingerprint density at radius 1 is 1.05 bits per heavy atom. The summed E-state index contributed by atoms with van der Waals surface area (Å²) in [6.45, 7) is 0. The summed E-state index contributed by atoms with van der Waals surface area (Å²) in [6, 6.07) is 14.1. The predicted molar refractivity (Wildman–Crippen MR) is 86.4 cm³/mol. The van der Waals surface area contributed by atoms with Gasteiger partial charge in [-0.1, -0.05) is 63.9 Å². The van der Waals surface area contributed by atoms with Crippen LogP contribution in [0.4, 0.5) is 0 Å². The lowest BCUT2D eigenvalue weighted by Gasteiger charge is -2.17. The van der Waals surface area contributed by atoms with Gasteiger partial charge in [0.2, 0.25) is 0 Å². The molecule has 0 saturated heterocycles. The third-order valence-electron chi connectivity index (χ3n) is 3.11. The summed E-state index contributed by atoms with van der Waals surface area (Å²) in [7, 11) is 3.21. The Morgan fingerprint density at radius 3 is 2.35 bits per heavy atom. The molecule has 0 aliphatic carbocycles. The van der Waals surface area contributed by atoms with Crippen LogP contribution in [0.2, 0.25) is 5.02 Å². The number of rotatable bonds is 5. The number of halogens is 2. The normalized spacial score (nSPS) is 12.0. The molecule has 0 aliphatic rings. The first-order valence-electron chi connectivity index (χ1n) is 6.25. The van der Waals surface area contributed by atoms with Crippen molar-refractivity contribution in [3.8, 4) is 11.5 Å². The molecule has 0 aromatic heterocycles. The van der Waals surface area contributed by atoms with E-state index in [0.717, 1.165) is 12.0 Å². The molecule has 0 amide bonds. The van der Waals surface area contributed by atoms with Crippen molar-refractivity contribution >= 4 is 27.5 Å². The topological polar surface area (TPSA) is 18.5 Å². The van der Waals surface area contributed by atoms with Crippen molar-refractivity contribution in [2.45, 2.75) is 11.2 Å². The van der Waals surface area contributed by atoms with Crippen LogP contribution in [0.1, 0.15) is 16.0 Å². The Hall–Kier alpha value is -1.19. The van der Waals surface area contributed by atoms with Gasteiger partial charge >= 0.3 is 0 Å². The van der Waals surface area contributed by atoms with Crippen LogP contribution in [-0.4, -0.2) is 14.2 Å². The molecule has 20 heavy (non-hydrogen) atoms. The van der Waals surface area contributed by atoms with E-state index >= 15 is 0 Å². The molecular formula is C16H16BrClO2. The highest BCUT2D eigenvalue weighted by Crippen LogP contribution is 2.42. The third-order valence-corrected chi connectivity index (χ3v) is 4.29. The van der Waals surface area contributed by atoms with Gasteiger partial charge in [-0.15, -0.1) is 0 Å². The predicted octanol–water partition coefficient (Wildman–Crippen LogP) is 5.04. The van der Waals surface area contributed by atoms with E-state index in [2.05, 4.69) is 28.1 Å². The van der Waals surface area contributed by atoms with E-state index in [9.17, 15) is 0 Å². The van der Waals surface area contributed by atoms with E-state index in [1.807, 2.05) is 30.3 Å². The van der Waals surface area contributed by atoms with Gasteiger partial charge in [0.05, 0.1) is 14.2 Å². The monoisotopic (exact) mass is 354 g/mol. The van der Waals surface area contributed by atoms with Gasteiger partial charge in [-0.05, 0) is 18.1 Å². The van der Waals surface area contributed by atoms with Crippen molar-refractivity contribution in [2.24, 2.45) is 0 Å². The van der Waals surface area contributed by atoms with E-state index in [-0.39, 0.29) is 4.83 Å². The zero-order valence-corrected chi connectivity index (χ0v) is 13.7. The maximum Gasteiger partial charge on any atom is 0.145 e. The van der Waals surface area contributed by atoms with E-state index in [0.29, 0.717) is 16.5 Å². The summed E-state index contributed by atoms with van der Waals surface area (Å²) >= 11 is 10.0. The Morgan fingerprint density at radius 2 is 1.75 bits per heavy atom. The standard InChI is InChI=1S/C16H16BrClO2/c1-19-14-9-8-12(16(20-2)15(14)18)13(17)10-11-6-4-3-5-7-11/h3-9,13H,10H2,1-2H3. The molecule has 0 radical (unpaired) electrons. The zero-order valence-electron chi connectivity index (χ0n) is 11.4. The molecule has 2 aromatic rings. The maximum atomic E-state index is 6.29. The lowest BCUT2D eigenvalue weighted by atomic mass is 10.0. The van der Waals surface area contributed by atoms with Crippen LogP contribution >= 0.6 is 27.5 Å². The third kappa shape index (κ3) is 3.28. The smallest absolute Gasteiger partial charge is 0.145 e. The second-order valence-electron chi connectivity index (χ2n) is 4.36. The van der Waals surface area contributed by atoms with Crippen molar-refractivity contribution < 1.29 is 9.47 Å².